The van der Waals surface area contributed by atoms with Crippen LogP contribution in [0.15, 0.2) is 0 Å². The molecule has 1 fully saturated rings. The molecule has 66 valence electrons. The van der Waals surface area contributed by atoms with Crippen LogP contribution in [0, 0.1) is 11.8 Å². The maximum absolute atomic E-state index is 10.2. The summed E-state index contributed by atoms with van der Waals surface area (Å²) in [6.07, 6.45) is 4.71. The van der Waals surface area contributed by atoms with Crippen LogP contribution in [0.3, 0.4) is 0 Å². The van der Waals surface area contributed by atoms with Crippen molar-refractivity contribution < 1.29 is 5.11 Å². The highest BCUT2D eigenvalue weighted by atomic mass is 16.3. The topological polar surface area (TPSA) is 20.2 Å². The van der Waals surface area contributed by atoms with Gasteiger partial charge in [0.2, 0.25) is 0 Å². The van der Waals surface area contributed by atoms with Gasteiger partial charge in [-0.15, -0.1) is 0 Å². The Hall–Kier alpha value is -0.0400. The first-order valence-corrected chi connectivity index (χ1v) is 4.83. The second-order valence-electron chi connectivity index (χ2n) is 4.13. The second-order valence-corrected chi connectivity index (χ2v) is 4.13. The molecule has 0 aromatic rings. The van der Waals surface area contributed by atoms with Gasteiger partial charge in [-0.2, -0.15) is 0 Å². The molecule has 1 aliphatic rings. The highest BCUT2D eigenvalue weighted by molar-refractivity contribution is 4.92. The van der Waals surface area contributed by atoms with Crippen molar-refractivity contribution in [2.45, 2.75) is 52.1 Å². The molecule has 0 heterocycles. The van der Waals surface area contributed by atoms with E-state index < -0.39 is 0 Å². The van der Waals surface area contributed by atoms with Crippen LogP contribution in [-0.2, 0) is 0 Å². The van der Waals surface area contributed by atoms with Crippen LogP contribution in [-0.4, -0.2) is 10.7 Å². The van der Waals surface area contributed by atoms with Crippen molar-refractivity contribution in [3.05, 3.63) is 0 Å². The zero-order chi connectivity index (χ0) is 8.48. The fourth-order valence-electron chi connectivity index (χ4n) is 2.08. The SMILES string of the molecule is CCC(O)(C(C)C)C1CCC1. The van der Waals surface area contributed by atoms with Crippen molar-refractivity contribution in [3.63, 3.8) is 0 Å². The molecule has 0 radical (unpaired) electrons. The van der Waals surface area contributed by atoms with Crippen molar-refractivity contribution in [1.82, 2.24) is 0 Å². The lowest BCUT2D eigenvalue weighted by Crippen LogP contribution is -2.45. The molecule has 1 atom stereocenters. The van der Waals surface area contributed by atoms with Gasteiger partial charge in [0.1, 0.15) is 0 Å². The molecule has 1 nitrogen and oxygen atoms in total. The van der Waals surface area contributed by atoms with Crippen LogP contribution in [0.5, 0.6) is 0 Å². The minimum Gasteiger partial charge on any atom is -0.389 e. The average molecular weight is 156 g/mol. The molecule has 1 aliphatic carbocycles. The van der Waals surface area contributed by atoms with Crippen molar-refractivity contribution in [3.8, 4) is 0 Å². The molecule has 0 bridgehead atoms. The van der Waals surface area contributed by atoms with Crippen LogP contribution < -0.4 is 0 Å². The summed E-state index contributed by atoms with van der Waals surface area (Å²) in [5.41, 5.74) is -0.363. The molecule has 0 aromatic carbocycles. The third-order valence-electron chi connectivity index (χ3n) is 3.38. The quantitative estimate of drug-likeness (QED) is 0.666. The maximum Gasteiger partial charge on any atom is 0.0695 e. The van der Waals surface area contributed by atoms with Crippen molar-refractivity contribution in [1.29, 1.82) is 0 Å². The molecule has 1 N–H and O–H groups in total. The molecule has 0 saturated heterocycles. The van der Waals surface area contributed by atoms with Gasteiger partial charge >= 0.3 is 0 Å². The van der Waals surface area contributed by atoms with Gasteiger partial charge in [0.15, 0.2) is 0 Å². The Morgan fingerprint density at radius 2 is 2.00 bits per heavy atom. The minimum atomic E-state index is -0.363. The molecule has 0 aromatic heterocycles. The standard InChI is InChI=1S/C10H20O/c1-4-10(11,8(2)3)9-6-5-7-9/h8-9,11H,4-7H2,1-3H3. The lowest BCUT2D eigenvalue weighted by molar-refractivity contribution is -0.0885. The van der Waals surface area contributed by atoms with E-state index in [0.717, 1.165) is 6.42 Å². The Bertz CT molecular complexity index is 127. The Kier molecular flexibility index (Phi) is 2.58. The Morgan fingerprint density at radius 1 is 1.45 bits per heavy atom. The van der Waals surface area contributed by atoms with Crippen molar-refractivity contribution in [2.24, 2.45) is 11.8 Å². The number of rotatable bonds is 3. The fourth-order valence-corrected chi connectivity index (χ4v) is 2.08. The van der Waals surface area contributed by atoms with Crippen LogP contribution in [0.4, 0.5) is 0 Å². The van der Waals surface area contributed by atoms with E-state index in [1.54, 1.807) is 0 Å². The van der Waals surface area contributed by atoms with E-state index in [1.807, 2.05) is 0 Å². The van der Waals surface area contributed by atoms with Gasteiger partial charge in [-0.1, -0.05) is 27.2 Å². The molecule has 1 rings (SSSR count). The molecule has 1 saturated carbocycles. The van der Waals surface area contributed by atoms with Gasteiger partial charge in [-0.25, -0.2) is 0 Å². The van der Waals surface area contributed by atoms with Crippen LogP contribution in [0.2, 0.25) is 0 Å². The Morgan fingerprint density at radius 3 is 2.09 bits per heavy atom. The average Bonchev–Trinajstić information content (AvgIpc) is 1.83. The van der Waals surface area contributed by atoms with Gasteiger partial charge in [0.05, 0.1) is 5.60 Å². The zero-order valence-corrected chi connectivity index (χ0v) is 7.93. The summed E-state index contributed by atoms with van der Waals surface area (Å²) < 4.78 is 0. The molecule has 1 unspecified atom stereocenters. The molecule has 0 aliphatic heterocycles. The van der Waals surface area contributed by atoms with E-state index in [9.17, 15) is 5.11 Å². The van der Waals surface area contributed by atoms with Crippen LogP contribution in [0.1, 0.15) is 46.5 Å². The zero-order valence-electron chi connectivity index (χ0n) is 7.93. The van der Waals surface area contributed by atoms with E-state index in [-0.39, 0.29) is 5.60 Å². The van der Waals surface area contributed by atoms with Gasteiger partial charge in [0, 0.05) is 0 Å². The molecule has 0 spiro atoms. The summed E-state index contributed by atoms with van der Waals surface area (Å²) in [4.78, 5) is 0. The Labute approximate surface area is 69.8 Å². The van der Waals surface area contributed by atoms with Gasteiger partial charge in [-0.05, 0) is 31.1 Å². The lowest BCUT2D eigenvalue weighted by atomic mass is 9.67. The summed E-state index contributed by atoms with van der Waals surface area (Å²) in [7, 11) is 0. The second kappa shape index (κ2) is 3.14. The number of aliphatic hydroxyl groups is 1. The maximum atomic E-state index is 10.2. The third-order valence-corrected chi connectivity index (χ3v) is 3.38. The summed E-state index contributed by atoms with van der Waals surface area (Å²) in [5.74, 6) is 1.00. The summed E-state index contributed by atoms with van der Waals surface area (Å²) in [6.45, 7) is 6.35. The molecule has 11 heavy (non-hydrogen) atoms. The van der Waals surface area contributed by atoms with Crippen LogP contribution in [0.25, 0.3) is 0 Å². The van der Waals surface area contributed by atoms with Crippen molar-refractivity contribution >= 4 is 0 Å². The van der Waals surface area contributed by atoms with Crippen molar-refractivity contribution in [2.75, 3.05) is 0 Å². The van der Waals surface area contributed by atoms with Gasteiger partial charge in [0.25, 0.3) is 0 Å². The predicted octanol–water partition coefficient (Wildman–Crippen LogP) is 2.58. The van der Waals surface area contributed by atoms with Crippen LogP contribution >= 0.6 is 0 Å². The summed E-state index contributed by atoms with van der Waals surface area (Å²) in [5, 5.41) is 10.2. The van der Waals surface area contributed by atoms with Gasteiger partial charge in [-0.3, -0.25) is 0 Å². The smallest absolute Gasteiger partial charge is 0.0695 e. The van der Waals surface area contributed by atoms with Gasteiger partial charge < -0.3 is 5.11 Å². The monoisotopic (exact) mass is 156 g/mol. The summed E-state index contributed by atoms with van der Waals surface area (Å²) in [6, 6.07) is 0. The minimum absolute atomic E-state index is 0.363. The molecular weight excluding hydrogens is 136 g/mol. The largest absolute Gasteiger partial charge is 0.389 e. The highest BCUT2D eigenvalue weighted by Crippen LogP contribution is 2.41. The van der Waals surface area contributed by atoms with E-state index in [4.69, 9.17) is 0 Å². The number of hydrogen-bond donors (Lipinski definition) is 1. The molecule has 0 amide bonds. The normalized spacial score (nSPS) is 24.8. The fraction of sp³-hybridized carbons (Fsp3) is 1.00. The number of hydrogen-bond acceptors (Lipinski definition) is 1. The first kappa shape index (κ1) is 9.05. The third kappa shape index (κ3) is 1.44. The van der Waals surface area contributed by atoms with E-state index >= 15 is 0 Å². The van der Waals surface area contributed by atoms with E-state index in [0.29, 0.717) is 11.8 Å². The lowest BCUT2D eigenvalue weighted by Gasteiger charge is -2.44. The Balaban J connectivity index is 2.57. The molecular formula is C10H20O. The first-order chi connectivity index (χ1) is 5.11. The summed E-state index contributed by atoms with van der Waals surface area (Å²) >= 11 is 0. The van der Waals surface area contributed by atoms with E-state index in [1.165, 1.54) is 19.3 Å². The predicted molar refractivity (Wildman–Crippen MR) is 47.4 cm³/mol. The highest BCUT2D eigenvalue weighted by Gasteiger charge is 2.40. The van der Waals surface area contributed by atoms with E-state index in [2.05, 4.69) is 20.8 Å². The first-order valence-electron chi connectivity index (χ1n) is 4.83. The molecule has 1 heteroatoms.